The van der Waals surface area contributed by atoms with E-state index in [4.69, 9.17) is 5.11 Å². The van der Waals surface area contributed by atoms with E-state index in [9.17, 15) is 4.79 Å². The summed E-state index contributed by atoms with van der Waals surface area (Å²) in [6.07, 6.45) is 0.222. The lowest BCUT2D eigenvalue weighted by molar-refractivity contribution is -0.136. The van der Waals surface area contributed by atoms with E-state index in [0.29, 0.717) is 0 Å². The number of nitrogens with two attached hydrogens (primary N) is 1. The highest BCUT2D eigenvalue weighted by atomic mass is 16.4. The minimum absolute atomic E-state index is 0.222. The van der Waals surface area contributed by atoms with E-state index < -0.39 is 5.97 Å². The molecule has 0 aliphatic carbocycles. The molecule has 0 saturated heterocycles. The summed E-state index contributed by atoms with van der Waals surface area (Å²) in [4.78, 5) is 9.37. The van der Waals surface area contributed by atoms with Crippen molar-refractivity contribution in [1.29, 1.82) is 0 Å². The van der Waals surface area contributed by atoms with E-state index >= 15 is 0 Å². The van der Waals surface area contributed by atoms with E-state index in [1.165, 1.54) is 7.05 Å². The summed E-state index contributed by atoms with van der Waals surface area (Å²) >= 11 is 0. The fourth-order valence-corrected chi connectivity index (χ4v) is 0. The molecular formula is C4H11NO2. The number of hydrogen-bond donors (Lipinski definition) is 2. The first-order valence-electron chi connectivity index (χ1n) is 2.07. The first kappa shape index (κ1) is 9.66. The average Bonchev–Trinajstić information content (AvgIpc) is 1.73. The van der Waals surface area contributed by atoms with Crippen LogP contribution in [-0.4, -0.2) is 18.1 Å². The second-order valence-corrected chi connectivity index (χ2v) is 0.747. The zero-order valence-corrected chi connectivity index (χ0v) is 4.64. The van der Waals surface area contributed by atoms with Gasteiger partial charge in [0.25, 0.3) is 0 Å². The lowest BCUT2D eigenvalue weighted by Crippen LogP contribution is -1.86. The summed E-state index contributed by atoms with van der Waals surface area (Å²) in [5.74, 6) is -0.745. The fraction of sp³-hybridized carbons (Fsp3) is 0.750. The van der Waals surface area contributed by atoms with Gasteiger partial charge in [-0.3, -0.25) is 4.79 Å². The highest BCUT2D eigenvalue weighted by molar-refractivity contribution is 5.66. The van der Waals surface area contributed by atoms with Gasteiger partial charge in [-0.1, -0.05) is 6.92 Å². The molecule has 0 aromatic carbocycles. The predicted molar refractivity (Wildman–Crippen MR) is 28.0 cm³/mol. The van der Waals surface area contributed by atoms with Crippen molar-refractivity contribution in [2.75, 3.05) is 7.05 Å². The van der Waals surface area contributed by atoms with Crippen molar-refractivity contribution in [1.82, 2.24) is 0 Å². The van der Waals surface area contributed by atoms with Crippen LogP contribution >= 0.6 is 0 Å². The van der Waals surface area contributed by atoms with Gasteiger partial charge in [0.2, 0.25) is 0 Å². The maximum atomic E-state index is 9.37. The number of hydrogen-bond acceptors (Lipinski definition) is 2. The maximum Gasteiger partial charge on any atom is 0.303 e. The predicted octanol–water partition coefficient (Wildman–Crippen LogP) is 0.0559. The molecule has 0 aliphatic heterocycles. The summed E-state index contributed by atoms with van der Waals surface area (Å²) < 4.78 is 0. The summed E-state index contributed by atoms with van der Waals surface area (Å²) in [7, 11) is 1.50. The Kier molecular flexibility index (Phi) is 12.5. The molecule has 0 fully saturated rings. The molecule has 0 aromatic heterocycles. The molecule has 0 rings (SSSR count). The van der Waals surface area contributed by atoms with Gasteiger partial charge in [0.1, 0.15) is 0 Å². The molecule has 0 heterocycles. The average molecular weight is 105 g/mol. The molecule has 3 nitrogen and oxygen atoms in total. The van der Waals surface area contributed by atoms with Crippen LogP contribution in [0.15, 0.2) is 0 Å². The molecule has 0 aromatic rings. The van der Waals surface area contributed by atoms with Gasteiger partial charge in [0.05, 0.1) is 0 Å². The van der Waals surface area contributed by atoms with Crippen molar-refractivity contribution < 1.29 is 9.90 Å². The molecule has 0 aliphatic rings. The number of carbonyl (C=O) groups is 1. The van der Waals surface area contributed by atoms with Crippen LogP contribution in [0.3, 0.4) is 0 Å². The zero-order valence-electron chi connectivity index (χ0n) is 4.64. The summed E-state index contributed by atoms with van der Waals surface area (Å²) in [5.41, 5.74) is 4.50. The third kappa shape index (κ3) is 31.2. The third-order valence-corrected chi connectivity index (χ3v) is 0.302. The molecule has 0 bridgehead atoms. The standard InChI is InChI=1S/C3H6O2.CH5N/c1-2-3(4)5;1-2/h2H2,1H3,(H,4,5);2H2,1H3. The van der Waals surface area contributed by atoms with Gasteiger partial charge in [-0.2, -0.15) is 0 Å². The molecule has 0 unspecified atom stereocenters. The molecule has 0 amide bonds. The van der Waals surface area contributed by atoms with Crippen LogP contribution in [0.1, 0.15) is 13.3 Å². The summed E-state index contributed by atoms with van der Waals surface area (Å²) in [5, 5.41) is 7.72. The Morgan fingerprint density at radius 1 is 1.71 bits per heavy atom. The second-order valence-electron chi connectivity index (χ2n) is 0.747. The molecule has 7 heavy (non-hydrogen) atoms. The Balaban J connectivity index is 0. The zero-order chi connectivity index (χ0) is 6.28. The SMILES string of the molecule is CCC(=O)O.CN. The van der Waals surface area contributed by atoms with E-state index in [0.717, 1.165) is 0 Å². The topological polar surface area (TPSA) is 63.3 Å². The van der Waals surface area contributed by atoms with Crippen LogP contribution in [0.25, 0.3) is 0 Å². The maximum absolute atomic E-state index is 9.37. The van der Waals surface area contributed by atoms with Gasteiger partial charge in [-0.15, -0.1) is 0 Å². The van der Waals surface area contributed by atoms with Gasteiger partial charge in [0.15, 0.2) is 0 Å². The molecule has 0 spiro atoms. The first-order chi connectivity index (χ1) is 3.27. The lowest BCUT2D eigenvalue weighted by Gasteiger charge is -1.71. The normalized spacial score (nSPS) is 6.14. The van der Waals surface area contributed by atoms with Gasteiger partial charge >= 0.3 is 5.97 Å². The third-order valence-electron chi connectivity index (χ3n) is 0.302. The molecule has 3 heteroatoms. The second kappa shape index (κ2) is 9.06. The molecule has 0 saturated carbocycles. The van der Waals surface area contributed by atoms with Crippen LogP contribution in [0.4, 0.5) is 0 Å². The van der Waals surface area contributed by atoms with Crippen LogP contribution in [-0.2, 0) is 4.79 Å². The van der Waals surface area contributed by atoms with Crippen molar-refractivity contribution >= 4 is 5.97 Å². The molecule has 0 atom stereocenters. The monoisotopic (exact) mass is 105 g/mol. The Morgan fingerprint density at radius 2 is 1.86 bits per heavy atom. The van der Waals surface area contributed by atoms with Crippen molar-refractivity contribution in [3.05, 3.63) is 0 Å². The van der Waals surface area contributed by atoms with Crippen LogP contribution < -0.4 is 5.73 Å². The minimum atomic E-state index is -0.745. The molecule has 44 valence electrons. The largest absolute Gasteiger partial charge is 0.481 e. The van der Waals surface area contributed by atoms with Gasteiger partial charge in [0, 0.05) is 6.42 Å². The van der Waals surface area contributed by atoms with Crippen LogP contribution in [0, 0.1) is 0 Å². The Morgan fingerprint density at radius 3 is 1.86 bits per heavy atom. The van der Waals surface area contributed by atoms with E-state index in [-0.39, 0.29) is 6.42 Å². The van der Waals surface area contributed by atoms with Crippen molar-refractivity contribution in [2.45, 2.75) is 13.3 Å². The summed E-state index contributed by atoms with van der Waals surface area (Å²) in [6, 6.07) is 0. The Bertz CT molecular complexity index is 45.0. The molecular weight excluding hydrogens is 94.0 g/mol. The lowest BCUT2D eigenvalue weighted by atomic mass is 10.5. The molecule has 3 N–H and O–H groups in total. The number of rotatable bonds is 1. The van der Waals surface area contributed by atoms with Crippen LogP contribution in [0.5, 0.6) is 0 Å². The number of aliphatic carboxylic acids is 1. The van der Waals surface area contributed by atoms with Crippen molar-refractivity contribution in [2.24, 2.45) is 5.73 Å². The van der Waals surface area contributed by atoms with E-state index in [2.05, 4.69) is 5.73 Å². The van der Waals surface area contributed by atoms with Gasteiger partial charge in [-0.05, 0) is 7.05 Å². The summed E-state index contributed by atoms with van der Waals surface area (Å²) in [6.45, 7) is 1.60. The van der Waals surface area contributed by atoms with E-state index in [1.54, 1.807) is 6.92 Å². The van der Waals surface area contributed by atoms with Crippen molar-refractivity contribution in [3.8, 4) is 0 Å². The Hall–Kier alpha value is -0.570. The quantitative estimate of drug-likeness (QED) is 0.495. The van der Waals surface area contributed by atoms with Gasteiger partial charge in [-0.25, -0.2) is 0 Å². The first-order valence-corrected chi connectivity index (χ1v) is 2.07. The van der Waals surface area contributed by atoms with Crippen molar-refractivity contribution in [3.63, 3.8) is 0 Å². The Labute approximate surface area is 43.1 Å². The smallest absolute Gasteiger partial charge is 0.303 e. The molecule has 0 radical (unpaired) electrons. The minimum Gasteiger partial charge on any atom is -0.481 e. The van der Waals surface area contributed by atoms with Crippen LogP contribution in [0.2, 0.25) is 0 Å². The fourth-order valence-electron chi connectivity index (χ4n) is 0. The highest BCUT2D eigenvalue weighted by Crippen LogP contribution is 1.67. The van der Waals surface area contributed by atoms with Gasteiger partial charge < -0.3 is 10.8 Å². The van der Waals surface area contributed by atoms with E-state index in [1.807, 2.05) is 0 Å². The number of carboxylic acids is 1. The number of carboxylic acid groups (broad SMARTS) is 1. The highest BCUT2D eigenvalue weighted by Gasteiger charge is 1.80.